The quantitative estimate of drug-likeness (QED) is 0.661. The first kappa shape index (κ1) is 19.3. The molecule has 0 saturated heterocycles. The van der Waals surface area contributed by atoms with Gasteiger partial charge in [0.2, 0.25) is 0 Å². The van der Waals surface area contributed by atoms with Crippen molar-refractivity contribution in [3.8, 4) is 11.5 Å². The maximum atomic E-state index is 5.92. The van der Waals surface area contributed by atoms with E-state index in [2.05, 4.69) is 44.3 Å². The summed E-state index contributed by atoms with van der Waals surface area (Å²) in [5, 5.41) is 3.67. The second-order valence-corrected chi connectivity index (χ2v) is 6.44. The van der Waals surface area contributed by atoms with E-state index in [1.54, 1.807) is 7.11 Å². The summed E-state index contributed by atoms with van der Waals surface area (Å²) in [6, 6.07) is 16.4. The predicted octanol–water partition coefficient (Wildman–Crippen LogP) is 4.99. The standard InChI is InChI=1S/C22H31NO2/c1-5-22(6-2,23-7-3)16-19-13-14-20(15-21(19)24-4)25-17-18-11-9-8-10-12-18/h8-15,23H,5-7,16-17H2,1-4H3. The number of hydrogen-bond acceptors (Lipinski definition) is 3. The van der Waals surface area contributed by atoms with Crippen LogP contribution in [0.25, 0.3) is 0 Å². The van der Waals surface area contributed by atoms with Gasteiger partial charge in [-0.3, -0.25) is 0 Å². The molecule has 0 aliphatic rings. The molecular weight excluding hydrogens is 310 g/mol. The van der Waals surface area contributed by atoms with E-state index >= 15 is 0 Å². The lowest BCUT2D eigenvalue weighted by molar-refractivity contribution is 0.294. The summed E-state index contributed by atoms with van der Waals surface area (Å²) in [5.74, 6) is 1.74. The Morgan fingerprint density at radius 2 is 1.68 bits per heavy atom. The largest absolute Gasteiger partial charge is 0.496 e. The van der Waals surface area contributed by atoms with Crippen molar-refractivity contribution in [3.05, 3.63) is 59.7 Å². The molecular formula is C22H31NO2. The summed E-state index contributed by atoms with van der Waals surface area (Å²) < 4.78 is 11.6. The average molecular weight is 341 g/mol. The summed E-state index contributed by atoms with van der Waals surface area (Å²) in [6.07, 6.45) is 3.13. The Morgan fingerprint density at radius 3 is 2.28 bits per heavy atom. The summed E-state index contributed by atoms with van der Waals surface area (Å²) in [7, 11) is 1.73. The number of hydrogen-bond donors (Lipinski definition) is 1. The van der Waals surface area contributed by atoms with Crippen LogP contribution in [0.3, 0.4) is 0 Å². The van der Waals surface area contributed by atoms with Crippen molar-refractivity contribution in [2.75, 3.05) is 13.7 Å². The van der Waals surface area contributed by atoms with Crippen LogP contribution >= 0.6 is 0 Å². The lowest BCUT2D eigenvalue weighted by Crippen LogP contribution is -2.46. The summed E-state index contributed by atoms with van der Waals surface area (Å²) in [6.45, 7) is 8.20. The van der Waals surface area contributed by atoms with Gasteiger partial charge in [-0.25, -0.2) is 0 Å². The van der Waals surface area contributed by atoms with Crippen molar-refractivity contribution in [2.45, 2.75) is 52.2 Å². The lowest BCUT2D eigenvalue weighted by atomic mass is 9.85. The minimum atomic E-state index is 0.119. The molecule has 2 aromatic rings. The highest BCUT2D eigenvalue weighted by Gasteiger charge is 2.26. The van der Waals surface area contributed by atoms with Crippen LogP contribution in [0.15, 0.2) is 48.5 Å². The highest BCUT2D eigenvalue weighted by molar-refractivity contribution is 5.42. The zero-order chi connectivity index (χ0) is 18.1. The van der Waals surface area contributed by atoms with Gasteiger partial charge in [0, 0.05) is 11.6 Å². The number of benzene rings is 2. The molecule has 25 heavy (non-hydrogen) atoms. The van der Waals surface area contributed by atoms with Gasteiger partial charge in [0.15, 0.2) is 0 Å². The first-order valence-corrected chi connectivity index (χ1v) is 9.25. The third-order valence-electron chi connectivity index (χ3n) is 4.94. The molecule has 0 radical (unpaired) electrons. The zero-order valence-corrected chi connectivity index (χ0v) is 16.0. The van der Waals surface area contributed by atoms with Gasteiger partial charge in [-0.2, -0.15) is 0 Å². The number of nitrogens with one attached hydrogen (secondary N) is 1. The maximum absolute atomic E-state index is 5.92. The fourth-order valence-electron chi connectivity index (χ4n) is 3.25. The van der Waals surface area contributed by atoms with E-state index in [1.165, 1.54) is 5.56 Å². The van der Waals surface area contributed by atoms with Gasteiger partial charge in [0.05, 0.1) is 7.11 Å². The second kappa shape index (κ2) is 9.47. The first-order valence-electron chi connectivity index (χ1n) is 9.25. The Labute approximate surface area is 152 Å². The Morgan fingerprint density at radius 1 is 0.960 bits per heavy atom. The highest BCUT2D eigenvalue weighted by atomic mass is 16.5. The first-order chi connectivity index (χ1) is 12.2. The van der Waals surface area contributed by atoms with Crippen molar-refractivity contribution in [2.24, 2.45) is 0 Å². The van der Waals surface area contributed by atoms with Crippen molar-refractivity contribution < 1.29 is 9.47 Å². The predicted molar refractivity (Wildman–Crippen MR) is 104 cm³/mol. The number of methoxy groups -OCH3 is 1. The number of rotatable bonds is 10. The Bertz CT molecular complexity index is 636. The van der Waals surface area contributed by atoms with Crippen LogP contribution in [0.1, 0.15) is 44.7 Å². The van der Waals surface area contributed by atoms with Crippen LogP contribution in [0.4, 0.5) is 0 Å². The Balaban J connectivity index is 2.12. The van der Waals surface area contributed by atoms with E-state index in [-0.39, 0.29) is 5.54 Å². The van der Waals surface area contributed by atoms with Gasteiger partial charge >= 0.3 is 0 Å². The van der Waals surface area contributed by atoms with Crippen LogP contribution in [0, 0.1) is 0 Å². The number of likely N-dealkylation sites (N-methyl/N-ethyl adjacent to an activating group) is 1. The molecule has 3 heteroatoms. The topological polar surface area (TPSA) is 30.5 Å². The van der Waals surface area contributed by atoms with Gasteiger partial charge in [0.1, 0.15) is 18.1 Å². The maximum Gasteiger partial charge on any atom is 0.125 e. The molecule has 3 nitrogen and oxygen atoms in total. The molecule has 0 atom stereocenters. The third-order valence-corrected chi connectivity index (χ3v) is 4.94. The molecule has 2 aromatic carbocycles. The van der Waals surface area contributed by atoms with Crippen LogP contribution in [-0.4, -0.2) is 19.2 Å². The van der Waals surface area contributed by atoms with Gasteiger partial charge in [0.25, 0.3) is 0 Å². The van der Waals surface area contributed by atoms with Crippen LogP contribution in [-0.2, 0) is 13.0 Å². The normalized spacial score (nSPS) is 11.4. The smallest absolute Gasteiger partial charge is 0.125 e. The average Bonchev–Trinajstić information content (AvgIpc) is 2.67. The van der Waals surface area contributed by atoms with Crippen LogP contribution in [0.5, 0.6) is 11.5 Å². The summed E-state index contributed by atoms with van der Waals surface area (Å²) in [5.41, 5.74) is 2.50. The Hall–Kier alpha value is -2.00. The van der Waals surface area contributed by atoms with Crippen LogP contribution < -0.4 is 14.8 Å². The molecule has 0 spiro atoms. The molecule has 0 aliphatic carbocycles. The zero-order valence-electron chi connectivity index (χ0n) is 16.0. The SMILES string of the molecule is CCNC(CC)(CC)Cc1ccc(OCc2ccccc2)cc1OC. The molecule has 0 heterocycles. The molecule has 0 aliphatic heterocycles. The molecule has 0 aromatic heterocycles. The minimum Gasteiger partial charge on any atom is -0.496 e. The second-order valence-electron chi connectivity index (χ2n) is 6.44. The summed E-state index contributed by atoms with van der Waals surface area (Å²) >= 11 is 0. The molecule has 0 saturated carbocycles. The molecule has 2 rings (SSSR count). The number of ether oxygens (including phenoxy) is 2. The molecule has 0 fully saturated rings. The third kappa shape index (κ3) is 5.23. The summed E-state index contributed by atoms with van der Waals surface area (Å²) in [4.78, 5) is 0. The van der Waals surface area contributed by atoms with Gasteiger partial charge < -0.3 is 14.8 Å². The Kier molecular flexibility index (Phi) is 7.32. The van der Waals surface area contributed by atoms with Crippen molar-refractivity contribution in [1.82, 2.24) is 5.32 Å². The minimum absolute atomic E-state index is 0.119. The van der Waals surface area contributed by atoms with Gasteiger partial charge in [-0.15, -0.1) is 0 Å². The molecule has 0 amide bonds. The monoisotopic (exact) mass is 341 g/mol. The van der Waals surface area contributed by atoms with E-state index in [0.717, 1.165) is 42.9 Å². The highest BCUT2D eigenvalue weighted by Crippen LogP contribution is 2.30. The van der Waals surface area contributed by atoms with Crippen molar-refractivity contribution >= 4 is 0 Å². The van der Waals surface area contributed by atoms with E-state index in [4.69, 9.17) is 9.47 Å². The van der Waals surface area contributed by atoms with E-state index < -0.39 is 0 Å². The van der Waals surface area contributed by atoms with Crippen LogP contribution in [0.2, 0.25) is 0 Å². The van der Waals surface area contributed by atoms with Crippen molar-refractivity contribution in [3.63, 3.8) is 0 Å². The fraction of sp³-hybridized carbons (Fsp3) is 0.455. The fourth-order valence-corrected chi connectivity index (χ4v) is 3.25. The molecule has 136 valence electrons. The molecule has 0 unspecified atom stereocenters. The van der Waals surface area contributed by atoms with E-state index in [0.29, 0.717) is 6.61 Å². The molecule has 0 bridgehead atoms. The van der Waals surface area contributed by atoms with Gasteiger partial charge in [-0.05, 0) is 43.0 Å². The van der Waals surface area contributed by atoms with Crippen molar-refractivity contribution in [1.29, 1.82) is 0 Å². The van der Waals surface area contributed by atoms with E-state index in [1.807, 2.05) is 30.3 Å². The lowest BCUT2D eigenvalue weighted by Gasteiger charge is -2.33. The molecule has 1 N–H and O–H groups in total. The van der Waals surface area contributed by atoms with Gasteiger partial charge in [-0.1, -0.05) is 57.2 Å². The van der Waals surface area contributed by atoms with E-state index in [9.17, 15) is 0 Å².